The second-order valence-electron chi connectivity index (χ2n) is 15.9. The molecule has 11 aromatic rings. The van der Waals surface area contributed by atoms with Crippen LogP contribution in [-0.2, 0) is 5.41 Å². The first-order valence-electron chi connectivity index (χ1n) is 20.8. The van der Waals surface area contributed by atoms with Crippen molar-refractivity contribution in [1.82, 2.24) is 24.9 Å². The zero-order chi connectivity index (χ0) is 40.8. The van der Waals surface area contributed by atoms with Crippen LogP contribution < -0.4 is 0 Å². The first kappa shape index (κ1) is 34.9. The maximum Gasteiger partial charge on any atom is 0.182 e. The van der Waals surface area contributed by atoms with Crippen LogP contribution in [0.5, 0.6) is 0 Å². The van der Waals surface area contributed by atoms with Crippen molar-refractivity contribution in [2.75, 3.05) is 0 Å². The van der Waals surface area contributed by atoms with Crippen LogP contribution >= 0.6 is 11.3 Å². The predicted molar refractivity (Wildman–Crippen MR) is 252 cm³/mol. The summed E-state index contributed by atoms with van der Waals surface area (Å²) in [5, 5.41) is 2.52. The molecule has 6 heteroatoms. The number of benzene rings is 7. The van der Waals surface area contributed by atoms with E-state index in [1.54, 1.807) is 12.4 Å². The Morgan fingerprint density at radius 3 is 1.39 bits per heavy atom. The normalized spacial score (nSPS) is 13.0. The highest BCUT2D eigenvalue weighted by Crippen LogP contribution is 2.64. The quantitative estimate of drug-likeness (QED) is 0.178. The first-order valence-corrected chi connectivity index (χ1v) is 21.6. The molecule has 0 aliphatic heterocycles. The van der Waals surface area contributed by atoms with Crippen molar-refractivity contribution in [1.29, 1.82) is 0 Å². The van der Waals surface area contributed by atoms with Crippen LogP contribution in [0.4, 0.5) is 0 Å². The Bertz CT molecular complexity index is 3450. The predicted octanol–water partition coefficient (Wildman–Crippen LogP) is 13.7. The molecule has 0 saturated carbocycles. The SMILES string of the molecule is c1ccc(-c2nc(-c3ccccn3)nc(-c3cccc4c3C3(c5ccccc5-c5ccccc5-c5ccccc5-c5ccccc53)c3c-4ccc4c3sc3ccccc34)n2)nc1. The first-order chi connectivity index (χ1) is 30.8. The molecule has 4 aromatic heterocycles. The Labute approximate surface area is 361 Å². The Morgan fingerprint density at radius 1 is 0.323 bits per heavy atom. The summed E-state index contributed by atoms with van der Waals surface area (Å²) in [6.45, 7) is 0. The van der Waals surface area contributed by atoms with Gasteiger partial charge in [-0.15, -0.1) is 11.3 Å². The lowest BCUT2D eigenvalue weighted by Crippen LogP contribution is -2.31. The minimum Gasteiger partial charge on any atom is -0.253 e. The molecule has 0 saturated heterocycles. The van der Waals surface area contributed by atoms with E-state index < -0.39 is 5.41 Å². The van der Waals surface area contributed by atoms with Gasteiger partial charge in [0.05, 0.1) is 5.41 Å². The summed E-state index contributed by atoms with van der Waals surface area (Å²) in [7, 11) is 0. The Morgan fingerprint density at radius 2 is 0.790 bits per heavy atom. The zero-order valence-corrected chi connectivity index (χ0v) is 34.0. The molecular formula is C56H33N5S. The van der Waals surface area contributed by atoms with E-state index in [0.717, 1.165) is 16.7 Å². The molecule has 1 spiro atoms. The monoisotopic (exact) mass is 807 g/mol. The van der Waals surface area contributed by atoms with E-state index in [9.17, 15) is 0 Å². The Kier molecular flexibility index (Phi) is 7.62. The number of hydrogen-bond donors (Lipinski definition) is 0. The van der Waals surface area contributed by atoms with Crippen LogP contribution in [0.2, 0.25) is 0 Å². The van der Waals surface area contributed by atoms with Crippen LogP contribution in [0.3, 0.4) is 0 Å². The van der Waals surface area contributed by atoms with Crippen LogP contribution in [0, 0.1) is 0 Å². The van der Waals surface area contributed by atoms with Crippen molar-refractivity contribution in [2.45, 2.75) is 5.41 Å². The number of thiophene rings is 1. The van der Waals surface area contributed by atoms with Gasteiger partial charge in [-0.25, -0.2) is 15.0 Å². The van der Waals surface area contributed by atoms with Gasteiger partial charge in [-0.2, -0.15) is 0 Å². The smallest absolute Gasteiger partial charge is 0.182 e. The average molecular weight is 808 g/mol. The lowest BCUT2D eigenvalue weighted by atomic mass is 9.63. The van der Waals surface area contributed by atoms with Crippen LogP contribution in [-0.4, -0.2) is 24.9 Å². The van der Waals surface area contributed by atoms with Gasteiger partial charge in [0.2, 0.25) is 0 Å². The van der Waals surface area contributed by atoms with E-state index in [1.165, 1.54) is 75.8 Å². The summed E-state index contributed by atoms with van der Waals surface area (Å²) in [5.41, 5.74) is 15.7. The standard InChI is InChI=1S/C56H33N5S/c1-3-18-36-34(16-1)35-17-2-4-19-37(35)39-21-6-9-26-46(39)56(45-25-8-5-20-38(36)45)50-41(42-30-31-43-40-22-7-10-29-49(40)62-52(43)51(42)56)23-15-24-44(50)53-59-54(47-27-11-13-32-57-47)61-55(60-53)48-28-12-14-33-58-48/h1-33H. The molecule has 0 unspecified atom stereocenters. The molecule has 0 radical (unpaired) electrons. The molecule has 4 heterocycles. The largest absolute Gasteiger partial charge is 0.253 e. The molecule has 5 nitrogen and oxygen atoms in total. The highest BCUT2D eigenvalue weighted by molar-refractivity contribution is 7.26. The molecule has 2 aliphatic rings. The minimum absolute atomic E-state index is 0.489. The molecule has 7 aromatic carbocycles. The summed E-state index contributed by atoms with van der Waals surface area (Å²) in [5.74, 6) is 1.54. The second-order valence-corrected chi connectivity index (χ2v) is 16.9. The third-order valence-corrected chi connectivity index (χ3v) is 13.9. The fraction of sp³-hybridized carbons (Fsp3) is 0.0179. The lowest BCUT2D eigenvalue weighted by molar-refractivity contribution is 0.781. The van der Waals surface area contributed by atoms with Crippen molar-refractivity contribution in [3.8, 4) is 78.9 Å². The van der Waals surface area contributed by atoms with Crippen LogP contribution in [0.25, 0.3) is 99.1 Å². The topological polar surface area (TPSA) is 64.5 Å². The molecule has 0 bridgehead atoms. The molecular weight excluding hydrogens is 775 g/mol. The molecule has 0 N–H and O–H groups in total. The summed E-state index contributed by atoms with van der Waals surface area (Å²) in [4.78, 5) is 25.2. The third-order valence-electron chi connectivity index (χ3n) is 12.7. The van der Waals surface area contributed by atoms with Crippen LogP contribution in [0.15, 0.2) is 200 Å². The van der Waals surface area contributed by atoms with Gasteiger partial charge in [0.15, 0.2) is 17.5 Å². The Hall–Kier alpha value is -7.93. The van der Waals surface area contributed by atoms with E-state index in [1.807, 2.05) is 47.7 Å². The van der Waals surface area contributed by atoms with Gasteiger partial charge in [0, 0.05) is 38.1 Å². The van der Waals surface area contributed by atoms with Crippen molar-refractivity contribution in [2.24, 2.45) is 0 Å². The average Bonchev–Trinajstić information content (AvgIpc) is 3.89. The van der Waals surface area contributed by atoms with Crippen LogP contribution in [0.1, 0.15) is 22.3 Å². The van der Waals surface area contributed by atoms with E-state index in [2.05, 4.69) is 152 Å². The van der Waals surface area contributed by atoms with Gasteiger partial charge >= 0.3 is 0 Å². The van der Waals surface area contributed by atoms with Gasteiger partial charge in [-0.3, -0.25) is 9.97 Å². The van der Waals surface area contributed by atoms with Gasteiger partial charge in [-0.05, 0) is 97.1 Å². The number of hydrogen-bond acceptors (Lipinski definition) is 6. The highest BCUT2D eigenvalue weighted by Gasteiger charge is 2.52. The highest BCUT2D eigenvalue weighted by atomic mass is 32.1. The fourth-order valence-corrected chi connectivity index (χ4v) is 11.6. The molecule has 0 atom stereocenters. The summed E-state index contributed by atoms with van der Waals surface area (Å²) in [6.07, 6.45) is 3.56. The van der Waals surface area contributed by atoms with E-state index in [4.69, 9.17) is 24.9 Å². The van der Waals surface area contributed by atoms with Gasteiger partial charge in [0.25, 0.3) is 0 Å². The molecule has 0 amide bonds. The van der Waals surface area contributed by atoms with Gasteiger partial charge in [0.1, 0.15) is 11.4 Å². The van der Waals surface area contributed by atoms with E-state index >= 15 is 0 Å². The summed E-state index contributed by atoms with van der Waals surface area (Å²) >= 11 is 1.89. The maximum atomic E-state index is 5.35. The maximum absolute atomic E-state index is 5.35. The third kappa shape index (κ3) is 4.92. The fourth-order valence-electron chi connectivity index (χ4n) is 10.3. The zero-order valence-electron chi connectivity index (χ0n) is 33.2. The lowest BCUT2D eigenvalue weighted by Gasteiger charge is -2.38. The molecule has 288 valence electrons. The van der Waals surface area contributed by atoms with E-state index in [-0.39, 0.29) is 0 Å². The Balaban J connectivity index is 1.26. The number of pyridine rings is 2. The van der Waals surface area contributed by atoms with Crippen molar-refractivity contribution >= 4 is 31.5 Å². The minimum atomic E-state index is -0.859. The number of fused-ring (bicyclic) bond motifs is 18. The van der Waals surface area contributed by atoms with Crippen molar-refractivity contribution < 1.29 is 0 Å². The van der Waals surface area contributed by atoms with Gasteiger partial charge in [-0.1, -0.05) is 158 Å². The second kappa shape index (κ2) is 13.5. The molecule has 62 heavy (non-hydrogen) atoms. The number of aromatic nitrogens is 5. The summed E-state index contributed by atoms with van der Waals surface area (Å²) in [6, 6.07) is 67.8. The van der Waals surface area contributed by atoms with Crippen molar-refractivity contribution in [3.63, 3.8) is 0 Å². The van der Waals surface area contributed by atoms with Crippen molar-refractivity contribution in [3.05, 3.63) is 223 Å². The summed E-state index contributed by atoms with van der Waals surface area (Å²) < 4.78 is 2.54. The molecule has 0 fully saturated rings. The number of nitrogens with zero attached hydrogens (tertiary/aromatic N) is 5. The van der Waals surface area contributed by atoms with Gasteiger partial charge < -0.3 is 0 Å². The molecule has 13 rings (SSSR count). The van der Waals surface area contributed by atoms with E-state index in [0.29, 0.717) is 28.9 Å². The number of rotatable bonds is 3. The molecule has 2 aliphatic carbocycles.